The Morgan fingerprint density at radius 3 is 2.79 bits per heavy atom. The van der Waals surface area contributed by atoms with E-state index in [1.54, 1.807) is 0 Å². The number of carbonyl (C=O) groups is 1. The summed E-state index contributed by atoms with van der Waals surface area (Å²) in [6.45, 7) is 4.73. The topological polar surface area (TPSA) is 50.9 Å². The maximum Gasteiger partial charge on any atom is 0.310 e. The highest BCUT2D eigenvalue weighted by Gasteiger charge is 2.64. The van der Waals surface area contributed by atoms with Crippen LogP contribution in [0.4, 0.5) is 4.39 Å². The lowest BCUT2D eigenvalue weighted by molar-refractivity contribution is -0.147. The van der Waals surface area contributed by atoms with Crippen LogP contribution in [0.2, 0.25) is 0 Å². The number of hydrogen-bond acceptors (Lipinski definition) is 4. The average molecular weight is 387 g/mol. The number of halogens is 1. The van der Waals surface area contributed by atoms with E-state index >= 15 is 0 Å². The second-order valence-electron chi connectivity index (χ2n) is 9.68. The molecule has 2 aliphatic carbocycles. The Morgan fingerprint density at radius 1 is 1.25 bits per heavy atom. The van der Waals surface area contributed by atoms with E-state index in [2.05, 4.69) is 12.2 Å². The Balaban J connectivity index is 1.20. The van der Waals surface area contributed by atoms with Crippen molar-refractivity contribution in [1.82, 2.24) is 5.32 Å². The Morgan fingerprint density at radius 2 is 2.04 bits per heavy atom. The van der Waals surface area contributed by atoms with Crippen LogP contribution in [0.5, 0.6) is 0 Å². The van der Waals surface area contributed by atoms with Gasteiger partial charge in [0.1, 0.15) is 11.9 Å². The fraction of sp³-hybridized carbons (Fsp3) is 0.696. The molecule has 28 heavy (non-hydrogen) atoms. The highest BCUT2D eigenvalue weighted by Crippen LogP contribution is 2.62. The zero-order chi connectivity index (χ0) is 19.4. The largest absolute Gasteiger partial charge is 0.462 e. The van der Waals surface area contributed by atoms with Crippen molar-refractivity contribution in [1.29, 1.82) is 0 Å². The molecule has 0 radical (unpaired) electrons. The lowest BCUT2D eigenvalue weighted by Gasteiger charge is -2.51. The maximum absolute atomic E-state index is 13.0. The second kappa shape index (κ2) is 6.81. The summed E-state index contributed by atoms with van der Waals surface area (Å²) in [6.07, 6.45) is 6.58. The lowest BCUT2D eigenvalue weighted by atomic mass is 9.53. The van der Waals surface area contributed by atoms with E-state index in [0.717, 1.165) is 38.0 Å². The minimum atomic E-state index is -0.208. The number of esters is 1. The van der Waals surface area contributed by atoms with Crippen LogP contribution in [0, 0.1) is 29.0 Å². The minimum absolute atomic E-state index is 0.0303. The molecule has 6 atom stereocenters. The van der Waals surface area contributed by atoms with Crippen LogP contribution >= 0.6 is 0 Å². The number of fused-ring (bicyclic) bond motifs is 3. The third-order valence-electron chi connectivity index (χ3n) is 7.95. The van der Waals surface area contributed by atoms with Gasteiger partial charge in [-0.2, -0.15) is 0 Å². The molecule has 5 heteroatoms. The van der Waals surface area contributed by atoms with Gasteiger partial charge in [-0.15, -0.1) is 0 Å². The van der Waals surface area contributed by atoms with E-state index in [1.165, 1.54) is 31.4 Å². The van der Waals surface area contributed by atoms with Crippen molar-refractivity contribution >= 4 is 5.97 Å². The number of rotatable bonds is 5. The van der Waals surface area contributed by atoms with E-state index in [4.69, 9.17) is 9.47 Å². The third-order valence-corrected chi connectivity index (χ3v) is 7.95. The number of hydrogen-bond donors (Lipinski definition) is 1. The predicted octanol–water partition coefficient (Wildman–Crippen LogP) is 3.48. The summed E-state index contributed by atoms with van der Waals surface area (Å²) in [6, 6.07) is 6.62. The molecular weight excluding hydrogens is 357 g/mol. The van der Waals surface area contributed by atoms with Gasteiger partial charge in [0.15, 0.2) is 0 Å². The Labute approximate surface area is 166 Å². The van der Waals surface area contributed by atoms with Gasteiger partial charge in [-0.25, -0.2) is 4.39 Å². The molecule has 4 fully saturated rings. The van der Waals surface area contributed by atoms with Gasteiger partial charge < -0.3 is 14.8 Å². The van der Waals surface area contributed by atoms with Gasteiger partial charge in [-0.3, -0.25) is 4.79 Å². The molecule has 0 aromatic heterocycles. The summed E-state index contributed by atoms with van der Waals surface area (Å²) < 4.78 is 24.8. The van der Waals surface area contributed by atoms with Gasteiger partial charge in [0.05, 0.1) is 18.1 Å². The van der Waals surface area contributed by atoms with Crippen LogP contribution in [-0.2, 0) is 20.7 Å². The molecule has 1 aromatic rings. The fourth-order valence-corrected chi connectivity index (χ4v) is 6.33. The van der Waals surface area contributed by atoms with Crippen molar-refractivity contribution in [2.24, 2.45) is 23.2 Å². The molecule has 2 saturated heterocycles. The summed E-state index contributed by atoms with van der Waals surface area (Å²) in [7, 11) is 0. The molecule has 152 valence electrons. The standard InChI is InChI=1S/C23H30FNO3/c1-22-8-2-9-23(14-27-23)20(22)11-17-18(21(26)28-19(17)12-22)13-25-10-7-15-3-5-16(24)6-4-15/h3-6,17-20,25H,2,7-14H2,1H3/t17-,18-,19+,20-,22+,23-/m0/s1. The van der Waals surface area contributed by atoms with E-state index in [9.17, 15) is 9.18 Å². The third kappa shape index (κ3) is 3.17. The molecule has 5 rings (SSSR count). The van der Waals surface area contributed by atoms with Crippen LogP contribution in [0.15, 0.2) is 24.3 Å². The quantitative estimate of drug-likeness (QED) is 0.477. The fourth-order valence-electron chi connectivity index (χ4n) is 6.33. The van der Waals surface area contributed by atoms with Crippen LogP contribution < -0.4 is 5.32 Å². The van der Waals surface area contributed by atoms with Crippen LogP contribution in [0.25, 0.3) is 0 Å². The first kappa shape index (κ1) is 18.6. The van der Waals surface area contributed by atoms with Gasteiger partial charge in [0.2, 0.25) is 0 Å². The molecular formula is C23H30FNO3. The van der Waals surface area contributed by atoms with Crippen molar-refractivity contribution in [2.75, 3.05) is 19.7 Å². The van der Waals surface area contributed by atoms with E-state index in [0.29, 0.717) is 18.4 Å². The summed E-state index contributed by atoms with van der Waals surface area (Å²) >= 11 is 0. The smallest absolute Gasteiger partial charge is 0.310 e. The zero-order valence-electron chi connectivity index (χ0n) is 16.6. The Bertz CT molecular complexity index is 747. The molecule has 0 bridgehead atoms. The highest BCUT2D eigenvalue weighted by molar-refractivity contribution is 5.75. The SMILES string of the molecule is C[C@]12CCC[C@]3(CO3)[C@H]1C[C@H]1[C@H](CNCCc3ccc(F)cc3)C(=O)O[C@@H]1C2. The van der Waals surface area contributed by atoms with Gasteiger partial charge in [-0.05, 0) is 74.1 Å². The molecule has 1 spiro atoms. The highest BCUT2D eigenvalue weighted by atomic mass is 19.1. The molecule has 0 amide bonds. The van der Waals surface area contributed by atoms with Crippen molar-refractivity contribution in [3.05, 3.63) is 35.6 Å². The molecule has 1 aromatic carbocycles. The van der Waals surface area contributed by atoms with Crippen LogP contribution in [-0.4, -0.2) is 37.4 Å². The zero-order valence-corrected chi connectivity index (χ0v) is 16.6. The van der Waals surface area contributed by atoms with Crippen LogP contribution in [0.3, 0.4) is 0 Å². The lowest BCUT2D eigenvalue weighted by Crippen LogP contribution is -2.51. The summed E-state index contributed by atoms with van der Waals surface area (Å²) in [5.41, 5.74) is 1.45. The summed E-state index contributed by atoms with van der Waals surface area (Å²) in [5, 5.41) is 3.45. The molecule has 4 aliphatic rings. The molecule has 0 unspecified atom stereocenters. The van der Waals surface area contributed by atoms with E-state index in [1.807, 2.05) is 12.1 Å². The molecule has 1 N–H and O–H groups in total. The molecule has 2 aliphatic heterocycles. The van der Waals surface area contributed by atoms with Gasteiger partial charge in [-0.1, -0.05) is 19.1 Å². The van der Waals surface area contributed by atoms with Gasteiger partial charge in [0, 0.05) is 12.5 Å². The Kier molecular flexibility index (Phi) is 4.51. The van der Waals surface area contributed by atoms with Crippen LogP contribution in [0.1, 0.15) is 44.6 Å². The number of ether oxygens (including phenoxy) is 2. The van der Waals surface area contributed by atoms with E-state index in [-0.39, 0.29) is 34.8 Å². The molecule has 4 nitrogen and oxygen atoms in total. The normalized spacial score (nSPS) is 41.4. The first-order valence-electron chi connectivity index (χ1n) is 10.8. The number of nitrogens with one attached hydrogen (secondary N) is 1. The van der Waals surface area contributed by atoms with Gasteiger partial charge >= 0.3 is 5.97 Å². The number of carbonyl (C=O) groups excluding carboxylic acids is 1. The van der Waals surface area contributed by atoms with Crippen molar-refractivity contribution in [2.45, 2.75) is 57.2 Å². The first-order valence-corrected chi connectivity index (χ1v) is 10.8. The summed E-state index contributed by atoms with van der Waals surface area (Å²) in [5.74, 6) is 0.577. The van der Waals surface area contributed by atoms with Crippen molar-refractivity contribution in [3.8, 4) is 0 Å². The van der Waals surface area contributed by atoms with Crippen molar-refractivity contribution in [3.63, 3.8) is 0 Å². The van der Waals surface area contributed by atoms with E-state index < -0.39 is 0 Å². The monoisotopic (exact) mass is 387 g/mol. The average Bonchev–Trinajstić information content (AvgIpc) is 3.36. The minimum Gasteiger partial charge on any atom is -0.462 e. The molecule has 2 saturated carbocycles. The second-order valence-corrected chi connectivity index (χ2v) is 9.68. The Hall–Kier alpha value is -1.46. The van der Waals surface area contributed by atoms with Gasteiger partial charge in [0.25, 0.3) is 0 Å². The number of benzene rings is 1. The predicted molar refractivity (Wildman–Crippen MR) is 103 cm³/mol. The first-order chi connectivity index (χ1) is 13.5. The number of epoxide rings is 1. The summed E-state index contributed by atoms with van der Waals surface area (Å²) in [4.78, 5) is 12.6. The maximum atomic E-state index is 13.0. The van der Waals surface area contributed by atoms with Crippen molar-refractivity contribution < 1.29 is 18.7 Å². The molecule has 2 heterocycles.